The number of nitro benzene ring substituents is 1. The molecule has 0 aliphatic carbocycles. The number of non-ortho nitro benzene ring substituents is 1. The number of nitro groups is 2. The Hall–Kier alpha value is -3.82. The van der Waals surface area contributed by atoms with Crippen molar-refractivity contribution in [3.8, 4) is 0 Å². The first-order valence-corrected chi connectivity index (χ1v) is 6.48. The van der Waals surface area contributed by atoms with Crippen LogP contribution in [-0.4, -0.2) is 19.8 Å². The lowest BCUT2D eigenvalue weighted by Crippen LogP contribution is -2.25. The van der Waals surface area contributed by atoms with E-state index in [2.05, 4.69) is 4.98 Å². The van der Waals surface area contributed by atoms with Crippen molar-refractivity contribution in [1.82, 2.24) is 9.97 Å². The number of aromatic amines is 2. The second kappa shape index (κ2) is 6.96. The summed E-state index contributed by atoms with van der Waals surface area (Å²) in [4.78, 5) is 46.6. The molecule has 2 N–H and O–H groups in total. The van der Waals surface area contributed by atoms with E-state index in [-0.39, 0.29) is 11.4 Å². The summed E-state index contributed by atoms with van der Waals surface area (Å²) in [6, 6.07) is 5.84. The fourth-order valence-corrected chi connectivity index (χ4v) is 1.86. The summed E-state index contributed by atoms with van der Waals surface area (Å²) in [6.07, 6.45) is 5.53. The van der Waals surface area contributed by atoms with E-state index < -0.39 is 26.8 Å². The van der Waals surface area contributed by atoms with Crippen molar-refractivity contribution in [1.29, 1.82) is 0 Å². The van der Waals surface area contributed by atoms with Crippen LogP contribution in [0.4, 0.5) is 11.4 Å². The Morgan fingerprint density at radius 1 is 0.958 bits per heavy atom. The van der Waals surface area contributed by atoms with Crippen molar-refractivity contribution in [2.45, 2.75) is 0 Å². The number of allylic oxidation sites excluding steroid dienone is 2. The van der Waals surface area contributed by atoms with Gasteiger partial charge in [0.05, 0.1) is 9.85 Å². The summed E-state index contributed by atoms with van der Waals surface area (Å²) in [5, 5.41) is 21.5. The van der Waals surface area contributed by atoms with Gasteiger partial charge in [-0.05, 0) is 11.6 Å². The third kappa shape index (κ3) is 3.88. The Labute approximate surface area is 133 Å². The Balaban J connectivity index is 2.28. The predicted octanol–water partition coefficient (Wildman–Crippen LogP) is 1.61. The second-order valence-corrected chi connectivity index (χ2v) is 4.50. The van der Waals surface area contributed by atoms with Crippen molar-refractivity contribution in [3.63, 3.8) is 0 Å². The van der Waals surface area contributed by atoms with E-state index in [1.807, 2.05) is 0 Å². The summed E-state index contributed by atoms with van der Waals surface area (Å²) in [5.41, 5.74) is -2.54. The van der Waals surface area contributed by atoms with Crippen molar-refractivity contribution < 1.29 is 9.85 Å². The molecule has 1 heterocycles. The predicted molar refractivity (Wildman–Crippen MR) is 85.5 cm³/mol. The molecule has 0 saturated carbocycles. The van der Waals surface area contributed by atoms with Gasteiger partial charge < -0.3 is 4.98 Å². The van der Waals surface area contributed by atoms with Gasteiger partial charge >= 0.3 is 16.9 Å². The molecule has 0 unspecified atom stereocenters. The van der Waals surface area contributed by atoms with Gasteiger partial charge in [-0.2, -0.15) is 0 Å². The van der Waals surface area contributed by atoms with Crippen LogP contribution in [0.15, 0.2) is 46.0 Å². The van der Waals surface area contributed by atoms with Crippen LogP contribution in [-0.2, 0) is 0 Å². The van der Waals surface area contributed by atoms with E-state index in [1.165, 1.54) is 42.5 Å². The Morgan fingerprint density at radius 3 is 2.33 bits per heavy atom. The van der Waals surface area contributed by atoms with Gasteiger partial charge in [0.2, 0.25) is 0 Å². The van der Waals surface area contributed by atoms with Gasteiger partial charge in [-0.1, -0.05) is 30.4 Å². The Bertz CT molecular complexity index is 970. The molecule has 122 valence electrons. The lowest BCUT2D eigenvalue weighted by molar-refractivity contribution is -0.386. The first-order chi connectivity index (χ1) is 11.4. The summed E-state index contributed by atoms with van der Waals surface area (Å²) in [7, 11) is 0. The van der Waals surface area contributed by atoms with Crippen molar-refractivity contribution in [2.75, 3.05) is 0 Å². The molecule has 1 aromatic heterocycles. The van der Waals surface area contributed by atoms with Gasteiger partial charge in [0.25, 0.3) is 5.69 Å². The molecule has 2 aromatic rings. The number of hydrogen-bond acceptors (Lipinski definition) is 6. The Kier molecular flexibility index (Phi) is 4.80. The highest BCUT2D eigenvalue weighted by molar-refractivity contribution is 5.60. The maximum Gasteiger partial charge on any atom is 0.357 e. The first-order valence-electron chi connectivity index (χ1n) is 6.48. The zero-order valence-electron chi connectivity index (χ0n) is 12.0. The van der Waals surface area contributed by atoms with Gasteiger partial charge in [0.15, 0.2) is 0 Å². The third-order valence-corrected chi connectivity index (χ3v) is 2.87. The largest absolute Gasteiger partial charge is 0.357 e. The molecular formula is C14H10N4O6. The van der Waals surface area contributed by atoms with Gasteiger partial charge in [-0.3, -0.25) is 30.0 Å². The molecule has 0 aliphatic heterocycles. The maximum absolute atomic E-state index is 11.4. The van der Waals surface area contributed by atoms with Crippen molar-refractivity contribution >= 4 is 23.5 Å². The molecule has 1 aromatic carbocycles. The minimum Gasteiger partial charge on any atom is -0.301 e. The first kappa shape index (κ1) is 16.5. The summed E-state index contributed by atoms with van der Waals surface area (Å²) in [5.74, 6) is 0. The number of H-pyrrole nitrogens is 2. The van der Waals surface area contributed by atoms with E-state index in [1.54, 1.807) is 11.1 Å². The monoisotopic (exact) mass is 330 g/mol. The highest BCUT2D eigenvalue weighted by Crippen LogP contribution is 2.14. The molecule has 0 amide bonds. The topological polar surface area (TPSA) is 152 Å². The molecule has 0 saturated heterocycles. The van der Waals surface area contributed by atoms with Crippen LogP contribution in [0.5, 0.6) is 0 Å². The highest BCUT2D eigenvalue weighted by Gasteiger charge is 2.18. The fraction of sp³-hybridized carbons (Fsp3) is 0. The van der Waals surface area contributed by atoms with Crippen molar-refractivity contribution in [3.05, 3.63) is 88.7 Å². The molecule has 0 spiro atoms. The molecule has 10 nitrogen and oxygen atoms in total. The molecule has 10 heteroatoms. The number of nitrogens with one attached hydrogen (secondary N) is 2. The van der Waals surface area contributed by atoms with Crippen LogP contribution in [0.3, 0.4) is 0 Å². The standard InChI is InChI=1S/C14H10N4O6/c19-13-12(18(23)24)11(15-14(20)16-13)7-2-1-4-9-5-3-6-10(8-9)17(21)22/h1-8H,(H2,15,16,19,20). The molecular weight excluding hydrogens is 320 g/mol. The summed E-state index contributed by atoms with van der Waals surface area (Å²) in [6.45, 7) is 0. The SMILES string of the molecule is O=c1[nH]c(C=CC=Cc2cccc([N+](=O)[O-])c2)c([N+](=O)[O-])c(=O)[nH]1. The van der Waals surface area contributed by atoms with E-state index in [9.17, 15) is 29.8 Å². The molecule has 0 fully saturated rings. The lowest BCUT2D eigenvalue weighted by atomic mass is 10.2. The number of aromatic nitrogens is 2. The van der Waals surface area contributed by atoms with E-state index in [0.717, 1.165) is 0 Å². The van der Waals surface area contributed by atoms with E-state index in [0.29, 0.717) is 5.56 Å². The van der Waals surface area contributed by atoms with Crippen LogP contribution in [0.1, 0.15) is 11.3 Å². The molecule has 0 bridgehead atoms. The molecule has 24 heavy (non-hydrogen) atoms. The van der Waals surface area contributed by atoms with Gasteiger partial charge in [-0.15, -0.1) is 0 Å². The van der Waals surface area contributed by atoms with Crippen LogP contribution >= 0.6 is 0 Å². The van der Waals surface area contributed by atoms with Crippen LogP contribution < -0.4 is 11.2 Å². The smallest absolute Gasteiger partial charge is 0.301 e. The van der Waals surface area contributed by atoms with Crippen LogP contribution in [0.2, 0.25) is 0 Å². The van der Waals surface area contributed by atoms with E-state index >= 15 is 0 Å². The minimum atomic E-state index is -1.11. The average molecular weight is 330 g/mol. The quantitative estimate of drug-likeness (QED) is 0.482. The second-order valence-electron chi connectivity index (χ2n) is 4.50. The zero-order chi connectivity index (χ0) is 17.7. The van der Waals surface area contributed by atoms with Crippen LogP contribution in [0.25, 0.3) is 12.2 Å². The Morgan fingerprint density at radius 2 is 1.67 bits per heavy atom. The highest BCUT2D eigenvalue weighted by atomic mass is 16.6. The molecule has 2 rings (SSSR count). The maximum atomic E-state index is 11.4. The number of rotatable bonds is 5. The van der Waals surface area contributed by atoms with Gasteiger partial charge in [0.1, 0.15) is 5.69 Å². The number of benzene rings is 1. The minimum absolute atomic E-state index is 0.0734. The number of hydrogen-bond donors (Lipinski definition) is 2. The summed E-state index contributed by atoms with van der Waals surface area (Å²) < 4.78 is 0. The van der Waals surface area contributed by atoms with E-state index in [4.69, 9.17) is 0 Å². The molecule has 0 aliphatic rings. The number of nitrogens with zero attached hydrogens (tertiary/aromatic N) is 2. The normalized spacial score (nSPS) is 11.2. The lowest BCUT2D eigenvalue weighted by Gasteiger charge is -1.95. The fourth-order valence-electron chi connectivity index (χ4n) is 1.86. The zero-order valence-corrected chi connectivity index (χ0v) is 12.0. The van der Waals surface area contributed by atoms with Crippen LogP contribution in [0, 0.1) is 20.2 Å². The molecule has 0 radical (unpaired) electrons. The van der Waals surface area contributed by atoms with Crippen molar-refractivity contribution in [2.24, 2.45) is 0 Å². The summed E-state index contributed by atoms with van der Waals surface area (Å²) >= 11 is 0. The average Bonchev–Trinajstić information content (AvgIpc) is 2.50. The molecule has 0 atom stereocenters. The third-order valence-electron chi connectivity index (χ3n) is 2.87. The van der Waals surface area contributed by atoms with Gasteiger partial charge in [-0.25, -0.2) is 4.79 Å². The van der Waals surface area contributed by atoms with Gasteiger partial charge in [0, 0.05) is 12.1 Å².